The summed E-state index contributed by atoms with van der Waals surface area (Å²) in [5, 5.41) is 19.3. The van der Waals surface area contributed by atoms with E-state index in [9.17, 15) is 29.4 Å². The Balaban J connectivity index is 3.61. The van der Waals surface area contributed by atoms with Crippen molar-refractivity contribution in [3.05, 3.63) is 24.3 Å². The molecule has 2 unspecified atom stereocenters. The first-order valence-electron chi connectivity index (χ1n) is 11.4. The zero-order valence-electron chi connectivity index (χ0n) is 20.2. The minimum Gasteiger partial charge on any atom is -0.463 e. The molecular formula is C24H38O10. The minimum atomic E-state index is -1.08. The van der Waals surface area contributed by atoms with Crippen LogP contribution in [0.2, 0.25) is 0 Å². The molecule has 10 nitrogen and oxygen atoms in total. The highest BCUT2D eigenvalue weighted by Gasteiger charge is 2.13. The van der Waals surface area contributed by atoms with Gasteiger partial charge in [0.15, 0.2) is 0 Å². The van der Waals surface area contributed by atoms with Crippen LogP contribution in [0.25, 0.3) is 0 Å². The summed E-state index contributed by atoms with van der Waals surface area (Å²) in [4.78, 5) is 45.8. The summed E-state index contributed by atoms with van der Waals surface area (Å²) >= 11 is 0. The molecule has 34 heavy (non-hydrogen) atoms. The van der Waals surface area contributed by atoms with Gasteiger partial charge in [-0.3, -0.25) is 9.59 Å². The van der Waals surface area contributed by atoms with Crippen LogP contribution >= 0.6 is 0 Å². The van der Waals surface area contributed by atoms with Crippen molar-refractivity contribution in [2.75, 3.05) is 26.4 Å². The van der Waals surface area contributed by atoms with Gasteiger partial charge in [-0.2, -0.15) is 0 Å². The zero-order valence-corrected chi connectivity index (χ0v) is 20.2. The molecule has 0 aliphatic rings. The van der Waals surface area contributed by atoms with Crippen molar-refractivity contribution in [3.63, 3.8) is 0 Å². The minimum absolute atomic E-state index is 0.222. The molecule has 0 saturated heterocycles. The molecule has 0 rings (SSSR count). The molecule has 0 amide bonds. The van der Waals surface area contributed by atoms with Crippen LogP contribution in [0.15, 0.2) is 24.3 Å². The van der Waals surface area contributed by atoms with Crippen LogP contribution in [-0.2, 0) is 38.1 Å². The Kier molecular flexibility index (Phi) is 17.2. The molecule has 10 heteroatoms. The third-order valence-electron chi connectivity index (χ3n) is 4.40. The van der Waals surface area contributed by atoms with Crippen LogP contribution in [0.5, 0.6) is 0 Å². The SMILES string of the molecule is C=C(C)C(=O)OCC(O)COC(=O)CCCCCCCCC(=O)OCC(O)COC(=O)C(=C)C. The van der Waals surface area contributed by atoms with Gasteiger partial charge >= 0.3 is 23.9 Å². The number of aliphatic hydroxyl groups is 2. The first-order chi connectivity index (χ1) is 16.0. The second kappa shape index (κ2) is 18.7. The Hall–Kier alpha value is -2.72. The molecule has 0 bridgehead atoms. The van der Waals surface area contributed by atoms with E-state index in [0.717, 1.165) is 25.7 Å². The van der Waals surface area contributed by atoms with E-state index in [1.807, 2.05) is 0 Å². The largest absolute Gasteiger partial charge is 0.463 e. The van der Waals surface area contributed by atoms with E-state index in [0.29, 0.717) is 12.8 Å². The summed E-state index contributed by atoms with van der Waals surface area (Å²) in [6.45, 7) is 8.82. The number of esters is 4. The quantitative estimate of drug-likeness (QED) is 0.120. The molecule has 2 atom stereocenters. The molecule has 194 valence electrons. The van der Waals surface area contributed by atoms with Crippen molar-refractivity contribution in [1.82, 2.24) is 0 Å². The standard InChI is InChI=1S/C24H38O10/c1-17(2)23(29)33-15-19(25)13-31-21(27)11-9-7-5-6-8-10-12-22(28)32-14-20(26)16-34-24(30)18(3)4/h19-20,25-26H,1,3,5-16H2,2,4H3. The topological polar surface area (TPSA) is 146 Å². The van der Waals surface area contributed by atoms with Gasteiger partial charge in [0.05, 0.1) is 0 Å². The lowest BCUT2D eigenvalue weighted by atomic mass is 10.1. The highest BCUT2D eigenvalue weighted by atomic mass is 16.6. The summed E-state index contributed by atoms with van der Waals surface area (Å²) in [6.07, 6.45) is 3.04. The highest BCUT2D eigenvalue weighted by molar-refractivity contribution is 5.87. The molecule has 0 aliphatic carbocycles. The van der Waals surface area contributed by atoms with Gasteiger partial charge in [0.2, 0.25) is 0 Å². The number of hydrogen-bond donors (Lipinski definition) is 2. The fourth-order valence-corrected chi connectivity index (χ4v) is 2.45. The smallest absolute Gasteiger partial charge is 0.333 e. The van der Waals surface area contributed by atoms with Crippen molar-refractivity contribution in [2.45, 2.75) is 77.4 Å². The van der Waals surface area contributed by atoms with Gasteiger partial charge in [0, 0.05) is 24.0 Å². The van der Waals surface area contributed by atoms with Crippen molar-refractivity contribution in [2.24, 2.45) is 0 Å². The Morgan fingerprint density at radius 3 is 1.21 bits per heavy atom. The lowest BCUT2D eigenvalue weighted by molar-refractivity contribution is -0.152. The van der Waals surface area contributed by atoms with Gasteiger partial charge in [-0.15, -0.1) is 0 Å². The average Bonchev–Trinajstić information content (AvgIpc) is 2.79. The Morgan fingerprint density at radius 2 is 0.882 bits per heavy atom. The van der Waals surface area contributed by atoms with Crippen LogP contribution in [0.3, 0.4) is 0 Å². The number of unbranched alkanes of at least 4 members (excludes halogenated alkanes) is 5. The van der Waals surface area contributed by atoms with E-state index in [1.54, 1.807) is 0 Å². The number of carbonyl (C=O) groups is 4. The van der Waals surface area contributed by atoms with Gasteiger partial charge in [-0.1, -0.05) is 38.8 Å². The number of ether oxygens (including phenoxy) is 4. The summed E-state index contributed by atoms with van der Waals surface area (Å²) < 4.78 is 19.4. The lowest BCUT2D eigenvalue weighted by Crippen LogP contribution is -2.25. The summed E-state index contributed by atoms with van der Waals surface area (Å²) in [5.41, 5.74) is 0.444. The highest BCUT2D eigenvalue weighted by Crippen LogP contribution is 2.10. The van der Waals surface area contributed by atoms with Gasteiger partial charge in [-0.25, -0.2) is 9.59 Å². The summed E-state index contributed by atoms with van der Waals surface area (Å²) in [6, 6.07) is 0. The number of rotatable bonds is 19. The van der Waals surface area contributed by atoms with Gasteiger partial charge in [0.25, 0.3) is 0 Å². The van der Waals surface area contributed by atoms with Gasteiger partial charge in [0.1, 0.15) is 38.6 Å². The molecule has 0 aromatic carbocycles. The molecule has 2 N–H and O–H groups in total. The maximum atomic E-state index is 11.7. The molecule has 0 heterocycles. The monoisotopic (exact) mass is 486 g/mol. The second-order valence-corrected chi connectivity index (χ2v) is 8.05. The van der Waals surface area contributed by atoms with Crippen molar-refractivity contribution in [1.29, 1.82) is 0 Å². The van der Waals surface area contributed by atoms with Gasteiger partial charge in [-0.05, 0) is 26.7 Å². The first kappa shape index (κ1) is 31.3. The molecule has 0 aromatic heterocycles. The molecule has 0 radical (unpaired) electrons. The maximum absolute atomic E-state index is 11.7. The molecule has 0 aliphatic heterocycles. The van der Waals surface area contributed by atoms with Crippen LogP contribution in [0.1, 0.15) is 65.2 Å². The zero-order chi connectivity index (χ0) is 25.9. The van der Waals surface area contributed by atoms with E-state index < -0.39 is 36.1 Å². The van der Waals surface area contributed by atoms with E-state index in [4.69, 9.17) is 18.9 Å². The van der Waals surface area contributed by atoms with Gasteiger partial charge < -0.3 is 29.2 Å². The number of carbonyl (C=O) groups excluding carboxylic acids is 4. The van der Waals surface area contributed by atoms with Crippen molar-refractivity contribution >= 4 is 23.9 Å². The Bertz CT molecular complexity index is 627. The molecule has 0 saturated carbocycles. The molecule has 0 spiro atoms. The molecule has 0 fully saturated rings. The van der Waals surface area contributed by atoms with E-state index in [1.165, 1.54) is 13.8 Å². The maximum Gasteiger partial charge on any atom is 0.333 e. The Labute approximate surface area is 200 Å². The van der Waals surface area contributed by atoms with Crippen LogP contribution in [0, 0.1) is 0 Å². The number of aliphatic hydroxyl groups excluding tert-OH is 2. The normalized spacial score (nSPS) is 12.2. The first-order valence-corrected chi connectivity index (χ1v) is 11.4. The summed E-state index contributed by atoms with van der Waals surface area (Å²) in [7, 11) is 0. The van der Waals surface area contributed by atoms with Crippen LogP contribution in [-0.4, -0.2) is 72.7 Å². The van der Waals surface area contributed by atoms with E-state index in [-0.39, 0.29) is 50.4 Å². The molecule has 0 aromatic rings. The number of hydrogen-bond acceptors (Lipinski definition) is 10. The van der Waals surface area contributed by atoms with Crippen LogP contribution < -0.4 is 0 Å². The van der Waals surface area contributed by atoms with E-state index >= 15 is 0 Å². The van der Waals surface area contributed by atoms with E-state index in [2.05, 4.69) is 13.2 Å². The lowest BCUT2D eigenvalue weighted by Gasteiger charge is -2.12. The Morgan fingerprint density at radius 1 is 0.588 bits per heavy atom. The van der Waals surface area contributed by atoms with Crippen molar-refractivity contribution in [3.8, 4) is 0 Å². The van der Waals surface area contributed by atoms with Crippen LogP contribution in [0.4, 0.5) is 0 Å². The average molecular weight is 487 g/mol. The predicted molar refractivity (Wildman–Crippen MR) is 122 cm³/mol. The predicted octanol–water partition coefficient (Wildman–Crippen LogP) is 2.15. The fourth-order valence-electron chi connectivity index (χ4n) is 2.45. The summed E-state index contributed by atoms with van der Waals surface area (Å²) in [5.74, 6) is -2.08. The van der Waals surface area contributed by atoms with Crippen molar-refractivity contribution < 1.29 is 48.3 Å². The fraction of sp³-hybridized carbons (Fsp3) is 0.667. The third-order valence-corrected chi connectivity index (χ3v) is 4.40. The second-order valence-electron chi connectivity index (χ2n) is 8.05. The third kappa shape index (κ3) is 17.8. The molecular weight excluding hydrogens is 448 g/mol.